The van der Waals surface area contributed by atoms with Gasteiger partial charge in [0.25, 0.3) is 0 Å². The van der Waals surface area contributed by atoms with Crippen LogP contribution >= 0.6 is 24.8 Å². The second-order valence-corrected chi connectivity index (χ2v) is 3.64. The van der Waals surface area contributed by atoms with Crippen molar-refractivity contribution >= 4 is 24.8 Å². The van der Waals surface area contributed by atoms with Gasteiger partial charge < -0.3 is 9.88 Å². The standard InChI is InChI=1S/C5H5NS.C4H11NS/c7-5-3-1-2-4-6-5;1-5(2)3-4-6/h1-4H,(H,6,7);6H,3-4H2,1-2H3. The summed E-state index contributed by atoms with van der Waals surface area (Å²) in [6, 6.07) is 5.64. The summed E-state index contributed by atoms with van der Waals surface area (Å²) in [5.41, 5.74) is 0. The molecule has 0 radical (unpaired) electrons. The van der Waals surface area contributed by atoms with E-state index in [4.69, 9.17) is 12.2 Å². The molecule has 0 saturated carbocycles. The highest BCUT2D eigenvalue weighted by molar-refractivity contribution is 7.80. The van der Waals surface area contributed by atoms with Crippen molar-refractivity contribution < 1.29 is 0 Å². The lowest BCUT2D eigenvalue weighted by molar-refractivity contribution is 0.438. The number of rotatable bonds is 2. The number of aromatic nitrogens is 1. The van der Waals surface area contributed by atoms with Crippen molar-refractivity contribution in [2.75, 3.05) is 26.4 Å². The molecule has 0 fully saturated rings. The van der Waals surface area contributed by atoms with Crippen molar-refractivity contribution in [1.82, 2.24) is 9.88 Å². The summed E-state index contributed by atoms with van der Waals surface area (Å²) < 4.78 is 0.780. The van der Waals surface area contributed by atoms with E-state index < -0.39 is 0 Å². The average Bonchev–Trinajstić information content (AvgIpc) is 2.06. The molecule has 1 aromatic heterocycles. The summed E-state index contributed by atoms with van der Waals surface area (Å²) in [6.07, 6.45) is 1.81. The van der Waals surface area contributed by atoms with Crippen LogP contribution in [0.25, 0.3) is 0 Å². The molecule has 1 heterocycles. The summed E-state index contributed by atoms with van der Waals surface area (Å²) >= 11 is 8.77. The Labute approximate surface area is 90.4 Å². The van der Waals surface area contributed by atoms with Crippen molar-refractivity contribution in [1.29, 1.82) is 0 Å². The number of thiol groups is 1. The fraction of sp³-hybridized carbons (Fsp3) is 0.444. The lowest BCUT2D eigenvalue weighted by atomic mass is 10.5. The third kappa shape index (κ3) is 9.60. The number of hydrogen-bond acceptors (Lipinski definition) is 3. The molecule has 74 valence electrons. The van der Waals surface area contributed by atoms with Crippen molar-refractivity contribution in [2.24, 2.45) is 0 Å². The van der Waals surface area contributed by atoms with Gasteiger partial charge in [0.15, 0.2) is 0 Å². The second kappa shape index (κ2) is 8.29. The monoisotopic (exact) mass is 216 g/mol. The average molecular weight is 216 g/mol. The first-order valence-corrected chi connectivity index (χ1v) is 5.10. The van der Waals surface area contributed by atoms with Crippen LogP contribution in [0.3, 0.4) is 0 Å². The zero-order valence-electron chi connectivity index (χ0n) is 8.03. The van der Waals surface area contributed by atoms with Gasteiger partial charge in [-0.3, -0.25) is 0 Å². The van der Waals surface area contributed by atoms with Gasteiger partial charge in [-0.2, -0.15) is 12.6 Å². The fourth-order valence-electron chi connectivity index (χ4n) is 0.577. The van der Waals surface area contributed by atoms with Gasteiger partial charge in [0.2, 0.25) is 0 Å². The molecule has 0 bridgehead atoms. The SMILES string of the molecule is CN(C)CCS.S=c1cccc[nH]1. The zero-order chi connectivity index (χ0) is 10.1. The topological polar surface area (TPSA) is 19.0 Å². The minimum absolute atomic E-state index is 0.780. The Kier molecular flexibility index (Phi) is 8.08. The summed E-state index contributed by atoms with van der Waals surface area (Å²) in [6.45, 7) is 1.07. The van der Waals surface area contributed by atoms with Crippen molar-refractivity contribution in [2.45, 2.75) is 0 Å². The molecule has 1 rings (SSSR count). The Bertz CT molecular complexity index is 240. The van der Waals surface area contributed by atoms with Crippen LogP contribution in [0.5, 0.6) is 0 Å². The van der Waals surface area contributed by atoms with Crippen LogP contribution < -0.4 is 0 Å². The zero-order valence-corrected chi connectivity index (χ0v) is 9.74. The Morgan fingerprint density at radius 1 is 1.46 bits per heavy atom. The van der Waals surface area contributed by atoms with Crippen LogP contribution in [0, 0.1) is 4.64 Å². The predicted octanol–water partition coefficient (Wildman–Crippen LogP) is 2.22. The van der Waals surface area contributed by atoms with E-state index in [1.165, 1.54) is 0 Å². The number of nitrogens with one attached hydrogen (secondary N) is 1. The van der Waals surface area contributed by atoms with Crippen molar-refractivity contribution in [3.63, 3.8) is 0 Å². The van der Waals surface area contributed by atoms with E-state index in [-0.39, 0.29) is 0 Å². The first-order valence-electron chi connectivity index (χ1n) is 4.06. The van der Waals surface area contributed by atoms with Crippen LogP contribution in [0.2, 0.25) is 0 Å². The number of pyridine rings is 1. The van der Waals surface area contributed by atoms with Crippen LogP contribution in [-0.4, -0.2) is 36.3 Å². The quantitative estimate of drug-likeness (QED) is 0.583. The second-order valence-electron chi connectivity index (χ2n) is 2.75. The van der Waals surface area contributed by atoms with Crippen LogP contribution in [0.4, 0.5) is 0 Å². The molecule has 0 aliphatic rings. The first kappa shape index (κ1) is 12.7. The molecule has 2 nitrogen and oxygen atoms in total. The van der Waals surface area contributed by atoms with Gasteiger partial charge in [0, 0.05) is 18.5 Å². The number of aromatic amines is 1. The van der Waals surface area contributed by atoms with Gasteiger partial charge in [-0.05, 0) is 26.2 Å². The van der Waals surface area contributed by atoms with Crippen LogP contribution in [-0.2, 0) is 0 Å². The summed E-state index contributed by atoms with van der Waals surface area (Å²) in [4.78, 5) is 4.95. The molecule has 1 N–H and O–H groups in total. The summed E-state index contributed by atoms with van der Waals surface area (Å²) in [7, 11) is 4.08. The molecule has 0 spiro atoms. The highest BCUT2D eigenvalue weighted by Crippen LogP contribution is 1.80. The molecule has 13 heavy (non-hydrogen) atoms. The largest absolute Gasteiger partial charge is 0.353 e. The van der Waals surface area contributed by atoms with E-state index in [1.54, 1.807) is 0 Å². The molecule has 0 aliphatic heterocycles. The van der Waals surface area contributed by atoms with Gasteiger partial charge >= 0.3 is 0 Å². The molecule has 1 aromatic rings. The van der Waals surface area contributed by atoms with Gasteiger partial charge in [0.05, 0.1) is 0 Å². The lowest BCUT2D eigenvalue weighted by Gasteiger charge is -2.03. The predicted molar refractivity (Wildman–Crippen MR) is 64.0 cm³/mol. The fourth-order valence-corrected chi connectivity index (χ4v) is 1.12. The Hall–Kier alpha value is -0.320. The summed E-state index contributed by atoms with van der Waals surface area (Å²) in [5.74, 6) is 0.951. The third-order valence-electron chi connectivity index (χ3n) is 1.23. The van der Waals surface area contributed by atoms with Gasteiger partial charge in [-0.25, -0.2) is 0 Å². The smallest absolute Gasteiger partial charge is 0.103 e. The normalized spacial score (nSPS) is 9.23. The van der Waals surface area contributed by atoms with Gasteiger partial charge in [-0.1, -0.05) is 18.3 Å². The van der Waals surface area contributed by atoms with E-state index in [0.29, 0.717) is 0 Å². The molecular formula is C9H16N2S2. The molecular weight excluding hydrogens is 200 g/mol. The highest BCUT2D eigenvalue weighted by Gasteiger charge is 1.80. The minimum atomic E-state index is 0.780. The molecule has 0 aromatic carbocycles. The first-order chi connectivity index (χ1) is 6.16. The Balaban J connectivity index is 0.000000226. The number of hydrogen-bond donors (Lipinski definition) is 2. The van der Waals surface area contributed by atoms with Gasteiger partial charge in [-0.15, -0.1) is 0 Å². The maximum absolute atomic E-state index is 4.76. The van der Waals surface area contributed by atoms with Crippen LogP contribution in [0.15, 0.2) is 24.4 Å². The molecule has 0 amide bonds. The van der Waals surface area contributed by atoms with E-state index in [0.717, 1.165) is 16.9 Å². The minimum Gasteiger partial charge on any atom is -0.353 e. The number of nitrogens with zero attached hydrogens (tertiary/aromatic N) is 1. The molecule has 0 saturated heterocycles. The summed E-state index contributed by atoms with van der Waals surface area (Å²) in [5, 5.41) is 0. The Morgan fingerprint density at radius 3 is 2.31 bits per heavy atom. The van der Waals surface area contributed by atoms with E-state index in [9.17, 15) is 0 Å². The van der Waals surface area contributed by atoms with Crippen LogP contribution in [0.1, 0.15) is 0 Å². The molecule has 4 heteroatoms. The van der Waals surface area contributed by atoms with E-state index >= 15 is 0 Å². The van der Waals surface area contributed by atoms with E-state index in [2.05, 4.69) is 22.5 Å². The number of H-pyrrole nitrogens is 1. The lowest BCUT2D eigenvalue weighted by Crippen LogP contribution is -2.13. The maximum atomic E-state index is 4.76. The Morgan fingerprint density at radius 2 is 2.15 bits per heavy atom. The third-order valence-corrected chi connectivity index (χ3v) is 1.68. The van der Waals surface area contributed by atoms with Gasteiger partial charge in [0.1, 0.15) is 4.64 Å². The van der Waals surface area contributed by atoms with Crippen molar-refractivity contribution in [3.8, 4) is 0 Å². The molecule has 0 aliphatic carbocycles. The maximum Gasteiger partial charge on any atom is 0.103 e. The highest BCUT2D eigenvalue weighted by atomic mass is 32.1. The van der Waals surface area contributed by atoms with E-state index in [1.807, 2.05) is 38.5 Å². The van der Waals surface area contributed by atoms with Crippen molar-refractivity contribution in [3.05, 3.63) is 29.0 Å². The molecule has 0 unspecified atom stereocenters. The molecule has 0 atom stereocenters.